The third kappa shape index (κ3) is 3.41. The van der Waals surface area contributed by atoms with Crippen molar-refractivity contribution in [1.29, 1.82) is 0 Å². The van der Waals surface area contributed by atoms with Crippen LogP contribution in [0.4, 0.5) is 5.69 Å². The zero-order valence-corrected chi connectivity index (χ0v) is 16.9. The maximum absolute atomic E-state index is 13.2. The number of hydrogen-bond acceptors (Lipinski definition) is 4. The van der Waals surface area contributed by atoms with Gasteiger partial charge in [0.15, 0.2) is 5.69 Å². The van der Waals surface area contributed by atoms with E-state index in [0.717, 1.165) is 35.5 Å². The molecule has 2 heterocycles. The highest BCUT2D eigenvalue weighted by Crippen LogP contribution is 2.43. The summed E-state index contributed by atoms with van der Waals surface area (Å²) in [5.74, 6) is 1.16. The molecule has 30 heavy (non-hydrogen) atoms. The van der Waals surface area contributed by atoms with Crippen LogP contribution in [0, 0.1) is 13.8 Å². The molecular weight excluding hydrogens is 376 g/mol. The van der Waals surface area contributed by atoms with Crippen LogP contribution in [0.2, 0.25) is 0 Å². The molecule has 4 aromatic rings. The Bertz CT molecular complexity index is 1220. The summed E-state index contributed by atoms with van der Waals surface area (Å²) < 4.78 is 7.87. The summed E-state index contributed by atoms with van der Waals surface area (Å²) in [7, 11) is 0. The lowest BCUT2D eigenvalue weighted by Gasteiger charge is -2.12. The van der Waals surface area contributed by atoms with Crippen LogP contribution < -0.4 is 5.32 Å². The SMILES string of the molecule is Cc1cc(C)n(-c2ccccc2NC(=O)c2nc(-c3ccccc3)oc2C2CC2)n1. The van der Waals surface area contributed by atoms with Crippen LogP contribution in [0.25, 0.3) is 17.1 Å². The van der Waals surface area contributed by atoms with Crippen LogP contribution in [0.3, 0.4) is 0 Å². The third-order valence-electron chi connectivity index (χ3n) is 5.23. The number of anilines is 1. The number of hydrogen-bond donors (Lipinski definition) is 1. The number of benzene rings is 2. The summed E-state index contributed by atoms with van der Waals surface area (Å²) in [5.41, 5.74) is 4.64. The lowest BCUT2D eigenvalue weighted by molar-refractivity contribution is 0.102. The van der Waals surface area contributed by atoms with Gasteiger partial charge >= 0.3 is 0 Å². The van der Waals surface area contributed by atoms with Crippen molar-refractivity contribution in [3.63, 3.8) is 0 Å². The molecule has 6 heteroatoms. The normalized spacial score (nSPS) is 13.4. The molecule has 1 fully saturated rings. The summed E-state index contributed by atoms with van der Waals surface area (Å²) >= 11 is 0. The molecule has 150 valence electrons. The number of carbonyl (C=O) groups is 1. The van der Waals surface area contributed by atoms with Crippen molar-refractivity contribution in [3.05, 3.63) is 83.5 Å². The van der Waals surface area contributed by atoms with Gasteiger partial charge in [-0.25, -0.2) is 9.67 Å². The zero-order valence-electron chi connectivity index (χ0n) is 16.9. The molecule has 1 amide bonds. The molecule has 1 aliphatic rings. The Hall–Kier alpha value is -3.67. The Morgan fingerprint density at radius 2 is 1.80 bits per heavy atom. The molecule has 0 atom stereocenters. The minimum Gasteiger partial charge on any atom is -0.440 e. The van der Waals surface area contributed by atoms with Gasteiger partial charge in [-0.05, 0) is 57.0 Å². The van der Waals surface area contributed by atoms with Crippen molar-refractivity contribution >= 4 is 11.6 Å². The topological polar surface area (TPSA) is 73.0 Å². The predicted molar refractivity (Wildman–Crippen MR) is 115 cm³/mol. The van der Waals surface area contributed by atoms with Gasteiger partial charge in [0.2, 0.25) is 5.89 Å². The Labute approximate surface area is 174 Å². The molecule has 1 aliphatic carbocycles. The van der Waals surface area contributed by atoms with Crippen LogP contribution >= 0.6 is 0 Å². The first-order chi connectivity index (χ1) is 14.6. The van der Waals surface area contributed by atoms with E-state index in [1.807, 2.05) is 79.2 Å². The average Bonchev–Trinajstić information content (AvgIpc) is 3.41. The van der Waals surface area contributed by atoms with Crippen LogP contribution in [-0.2, 0) is 0 Å². The molecule has 6 nitrogen and oxygen atoms in total. The highest BCUT2D eigenvalue weighted by molar-refractivity contribution is 6.05. The monoisotopic (exact) mass is 398 g/mol. The van der Waals surface area contributed by atoms with E-state index in [-0.39, 0.29) is 11.8 Å². The second-order valence-electron chi connectivity index (χ2n) is 7.68. The number of amides is 1. The lowest BCUT2D eigenvalue weighted by Crippen LogP contribution is -2.16. The van der Waals surface area contributed by atoms with E-state index >= 15 is 0 Å². The summed E-state index contributed by atoms with van der Waals surface area (Å²) in [6, 6.07) is 19.3. The second-order valence-corrected chi connectivity index (χ2v) is 7.68. The fraction of sp³-hybridized carbons (Fsp3) is 0.208. The largest absolute Gasteiger partial charge is 0.440 e. The molecule has 0 bridgehead atoms. The molecule has 0 unspecified atom stereocenters. The smallest absolute Gasteiger partial charge is 0.278 e. The Balaban J connectivity index is 1.50. The molecule has 0 radical (unpaired) electrons. The maximum Gasteiger partial charge on any atom is 0.278 e. The number of oxazole rings is 1. The van der Waals surface area contributed by atoms with Gasteiger partial charge in [0.05, 0.1) is 17.1 Å². The lowest BCUT2D eigenvalue weighted by atomic mass is 10.2. The summed E-state index contributed by atoms with van der Waals surface area (Å²) in [6.07, 6.45) is 2.04. The van der Waals surface area contributed by atoms with Gasteiger partial charge in [-0.2, -0.15) is 5.10 Å². The van der Waals surface area contributed by atoms with Gasteiger partial charge in [0.1, 0.15) is 5.76 Å². The number of aromatic nitrogens is 3. The van der Waals surface area contributed by atoms with Crippen molar-refractivity contribution in [2.75, 3.05) is 5.32 Å². The van der Waals surface area contributed by atoms with Crippen molar-refractivity contribution in [2.45, 2.75) is 32.6 Å². The number of rotatable bonds is 5. The van der Waals surface area contributed by atoms with E-state index < -0.39 is 0 Å². The van der Waals surface area contributed by atoms with E-state index in [1.165, 1.54) is 0 Å². The molecule has 0 spiro atoms. The van der Waals surface area contributed by atoms with Crippen LogP contribution in [0.1, 0.15) is 46.4 Å². The van der Waals surface area contributed by atoms with Gasteiger partial charge in [0.25, 0.3) is 5.91 Å². The van der Waals surface area contributed by atoms with Gasteiger partial charge in [0, 0.05) is 17.2 Å². The maximum atomic E-state index is 13.2. The van der Waals surface area contributed by atoms with Crippen molar-refractivity contribution in [1.82, 2.24) is 14.8 Å². The molecular formula is C24H22N4O2. The Kier molecular flexibility index (Phi) is 4.47. The summed E-state index contributed by atoms with van der Waals surface area (Å²) in [6.45, 7) is 3.95. The standard InChI is InChI=1S/C24H22N4O2/c1-15-14-16(2)28(27-15)20-11-7-6-10-19(20)25-23(29)21-22(17-12-13-17)30-24(26-21)18-8-4-3-5-9-18/h3-11,14,17H,12-13H2,1-2H3,(H,25,29). The third-order valence-corrected chi connectivity index (χ3v) is 5.23. The summed E-state index contributed by atoms with van der Waals surface area (Å²) in [4.78, 5) is 17.8. The van der Waals surface area contributed by atoms with Crippen molar-refractivity contribution in [2.24, 2.45) is 0 Å². The fourth-order valence-electron chi connectivity index (χ4n) is 3.64. The molecule has 2 aromatic heterocycles. The minimum atomic E-state index is -0.267. The van der Waals surface area contributed by atoms with Crippen LogP contribution in [0.15, 0.2) is 65.1 Å². The van der Waals surface area contributed by atoms with Gasteiger partial charge in [-0.1, -0.05) is 30.3 Å². The number of nitrogens with zero attached hydrogens (tertiary/aromatic N) is 3. The first-order valence-electron chi connectivity index (χ1n) is 10.1. The quantitative estimate of drug-likeness (QED) is 0.497. The number of aryl methyl sites for hydroxylation is 2. The van der Waals surface area contributed by atoms with E-state index in [1.54, 1.807) is 0 Å². The zero-order chi connectivity index (χ0) is 20.7. The number of carbonyl (C=O) groups excluding carboxylic acids is 1. The molecule has 2 aromatic carbocycles. The predicted octanol–water partition coefficient (Wildman–Crippen LogP) is 5.27. The molecule has 1 saturated carbocycles. The van der Waals surface area contributed by atoms with Crippen molar-refractivity contribution in [3.8, 4) is 17.1 Å². The van der Waals surface area contributed by atoms with Crippen LogP contribution in [0.5, 0.6) is 0 Å². The van der Waals surface area contributed by atoms with Gasteiger partial charge in [-0.15, -0.1) is 0 Å². The van der Waals surface area contributed by atoms with E-state index in [9.17, 15) is 4.79 Å². The van der Waals surface area contributed by atoms with Crippen LogP contribution in [-0.4, -0.2) is 20.7 Å². The minimum absolute atomic E-state index is 0.266. The van der Waals surface area contributed by atoms with Gasteiger partial charge in [-0.3, -0.25) is 4.79 Å². The highest BCUT2D eigenvalue weighted by Gasteiger charge is 2.34. The van der Waals surface area contributed by atoms with E-state index in [0.29, 0.717) is 23.0 Å². The fourth-order valence-corrected chi connectivity index (χ4v) is 3.64. The number of nitrogens with one attached hydrogen (secondary N) is 1. The first-order valence-corrected chi connectivity index (χ1v) is 10.1. The van der Waals surface area contributed by atoms with Gasteiger partial charge < -0.3 is 9.73 Å². The van der Waals surface area contributed by atoms with Crippen molar-refractivity contribution < 1.29 is 9.21 Å². The first kappa shape index (κ1) is 18.4. The van der Waals surface area contributed by atoms with E-state index in [2.05, 4.69) is 15.4 Å². The second kappa shape index (κ2) is 7.30. The average molecular weight is 398 g/mol. The Morgan fingerprint density at radius 3 is 2.50 bits per heavy atom. The molecule has 5 rings (SSSR count). The summed E-state index contributed by atoms with van der Waals surface area (Å²) in [5, 5.41) is 7.58. The van der Waals surface area contributed by atoms with E-state index in [4.69, 9.17) is 4.42 Å². The number of para-hydroxylation sites is 2. The molecule has 0 saturated heterocycles. The molecule has 1 N–H and O–H groups in total. The Morgan fingerprint density at radius 1 is 1.07 bits per heavy atom. The highest BCUT2D eigenvalue weighted by atomic mass is 16.4. The molecule has 0 aliphatic heterocycles.